The molecule has 10 heteroatoms. The fourth-order valence-corrected chi connectivity index (χ4v) is 9.66. The van der Waals surface area contributed by atoms with E-state index >= 15 is 0 Å². The van der Waals surface area contributed by atoms with Crippen LogP contribution in [-0.4, -0.2) is 34.6 Å². The van der Waals surface area contributed by atoms with Crippen LogP contribution in [0.15, 0.2) is 84.9 Å². The molecule has 0 atom stereocenters. The van der Waals surface area contributed by atoms with Crippen LogP contribution in [-0.2, 0) is 41.7 Å². The highest BCUT2D eigenvalue weighted by atomic mass is 35.5. The van der Waals surface area contributed by atoms with E-state index in [4.69, 9.17) is 30.8 Å². The highest BCUT2D eigenvalue weighted by Gasteiger charge is 2.32. The number of benzene rings is 4. The van der Waals surface area contributed by atoms with Gasteiger partial charge in [-0.25, -0.2) is 0 Å². The molecule has 0 spiro atoms. The first-order valence-corrected chi connectivity index (χ1v) is 21.0. The van der Waals surface area contributed by atoms with Crippen molar-refractivity contribution in [2.24, 2.45) is 5.92 Å². The summed E-state index contributed by atoms with van der Waals surface area (Å²) in [5, 5.41) is 7.43. The Morgan fingerprint density at radius 1 is 0.746 bits per heavy atom. The zero-order chi connectivity index (χ0) is 41.9. The third-order valence-corrected chi connectivity index (χ3v) is 12.2. The number of hydrogen-bond acceptors (Lipinski definition) is 6. The number of nitrogens with one attached hydrogen (secondary N) is 2. The molecule has 2 fully saturated rings. The van der Waals surface area contributed by atoms with Gasteiger partial charge in [0.1, 0.15) is 12.4 Å². The summed E-state index contributed by atoms with van der Waals surface area (Å²) in [4.78, 5) is 57.0. The molecule has 0 bridgehead atoms. The zero-order valence-corrected chi connectivity index (χ0v) is 34.5. The largest absolute Gasteiger partial charge is 0.373 e. The van der Waals surface area contributed by atoms with Crippen molar-refractivity contribution >= 4 is 69.1 Å². The Balaban J connectivity index is 0.000000175. The standard InChI is InChI=1S/C24H26ClNO.C23H24N2O.2CO2/c1-16-11-12-19-18(13-16)14-21(24(19)17-7-3-2-4-8-17)20-9-5-6-10-22(20)26-23(27)15-25;1-15-11-12-18-20(13-15)25-14-21(26)24-19-10-6-5-9-17(19)23(25)22(18)16-7-3-2-4-8-16;2*2-1-3/h5-6,9-13,17H,2-4,7-8,14-15H2,1H3,(H,26,27);5-6,9-13,16H,2-4,7-8,14H2,1H3,(H,24,26);;. The summed E-state index contributed by atoms with van der Waals surface area (Å²) in [6.07, 6.45) is 14.4. The number of allylic oxidation sites excluding steroid dienone is 2. The summed E-state index contributed by atoms with van der Waals surface area (Å²) in [7, 11) is 0. The summed E-state index contributed by atoms with van der Waals surface area (Å²) in [5.74, 6) is 1.09. The number of aromatic nitrogens is 1. The van der Waals surface area contributed by atoms with Gasteiger partial charge < -0.3 is 15.2 Å². The molecule has 0 radical (unpaired) electrons. The minimum atomic E-state index is -0.157. The lowest BCUT2D eigenvalue weighted by Crippen LogP contribution is -2.16. The second kappa shape index (κ2) is 20.2. The van der Waals surface area contributed by atoms with E-state index in [-0.39, 0.29) is 30.0 Å². The number of carbonyl (C=O) groups excluding carboxylic acids is 6. The first-order chi connectivity index (χ1) is 28.7. The molecule has 5 aromatic rings. The van der Waals surface area contributed by atoms with Crippen LogP contribution >= 0.6 is 11.6 Å². The lowest BCUT2D eigenvalue weighted by molar-refractivity contribution is -0.193. The fourth-order valence-electron chi connectivity index (χ4n) is 9.59. The molecular formula is C49H50ClN3O6. The Bertz CT molecular complexity index is 2410. The van der Waals surface area contributed by atoms with Crippen LogP contribution in [0.4, 0.5) is 11.4 Å². The second-order valence-electron chi connectivity index (χ2n) is 15.8. The van der Waals surface area contributed by atoms with E-state index in [1.807, 2.05) is 24.3 Å². The summed E-state index contributed by atoms with van der Waals surface area (Å²) < 4.78 is 2.26. The van der Waals surface area contributed by atoms with Crippen molar-refractivity contribution in [2.75, 3.05) is 16.5 Å². The van der Waals surface area contributed by atoms with Crippen molar-refractivity contribution in [3.05, 3.63) is 118 Å². The number of nitrogens with zero attached hydrogens (tertiary/aromatic N) is 1. The molecule has 2 heterocycles. The van der Waals surface area contributed by atoms with E-state index in [9.17, 15) is 9.59 Å². The normalized spacial score (nSPS) is 15.8. The monoisotopic (exact) mass is 811 g/mol. The van der Waals surface area contributed by atoms with E-state index in [0.717, 1.165) is 28.9 Å². The Kier molecular flexibility index (Phi) is 14.6. The highest BCUT2D eigenvalue weighted by Crippen LogP contribution is 2.49. The molecular weight excluding hydrogens is 762 g/mol. The molecule has 1 aliphatic heterocycles. The van der Waals surface area contributed by atoms with Gasteiger partial charge in [-0.1, -0.05) is 111 Å². The molecule has 2 amide bonds. The number of rotatable bonds is 5. The van der Waals surface area contributed by atoms with Gasteiger partial charge in [0.15, 0.2) is 0 Å². The average Bonchev–Trinajstić information content (AvgIpc) is 3.72. The first kappa shape index (κ1) is 42.7. The second-order valence-corrected chi connectivity index (χ2v) is 16.0. The quantitative estimate of drug-likeness (QED) is 0.170. The first-order valence-electron chi connectivity index (χ1n) is 20.5. The number of amides is 2. The molecule has 9 nitrogen and oxygen atoms in total. The van der Waals surface area contributed by atoms with E-state index in [1.165, 1.54) is 120 Å². The number of fused-ring (bicyclic) bond motifs is 6. The lowest BCUT2D eigenvalue weighted by atomic mass is 9.79. The van der Waals surface area contributed by atoms with Gasteiger partial charge in [-0.3, -0.25) is 9.59 Å². The van der Waals surface area contributed by atoms with Crippen LogP contribution in [0.5, 0.6) is 0 Å². The number of alkyl halides is 1. The minimum Gasteiger partial charge on any atom is -0.331 e. The van der Waals surface area contributed by atoms with Crippen LogP contribution in [0.25, 0.3) is 33.3 Å². The van der Waals surface area contributed by atoms with Crippen molar-refractivity contribution in [1.29, 1.82) is 0 Å². The molecule has 0 saturated heterocycles. The number of para-hydroxylation sites is 2. The Morgan fingerprint density at radius 3 is 2.02 bits per heavy atom. The molecule has 2 saturated carbocycles. The van der Waals surface area contributed by atoms with Crippen LogP contribution in [0.3, 0.4) is 0 Å². The van der Waals surface area contributed by atoms with Gasteiger partial charge in [0.25, 0.3) is 0 Å². The maximum atomic E-state index is 12.6. The summed E-state index contributed by atoms with van der Waals surface area (Å²) in [6, 6.07) is 30.0. The van der Waals surface area contributed by atoms with Crippen molar-refractivity contribution < 1.29 is 28.8 Å². The smallest absolute Gasteiger partial charge is 0.331 e. The SMILES string of the molecule is Cc1ccc2c(C3CCCCC3)c3n(c2c1)CC(=O)Nc1ccccc1-3.Cc1ccc2c(c1)CC(c1ccccc1NC(=O)CCl)=C2C1CCCCC1.O=C=O.O=C=O. The Hall–Kier alpha value is -5.85. The number of anilines is 2. The zero-order valence-electron chi connectivity index (χ0n) is 33.7. The maximum Gasteiger partial charge on any atom is 0.373 e. The minimum absolute atomic E-state index is 0.0255. The molecule has 4 aromatic carbocycles. The van der Waals surface area contributed by atoms with Gasteiger partial charge >= 0.3 is 12.3 Å². The van der Waals surface area contributed by atoms with Gasteiger partial charge in [0, 0.05) is 27.7 Å². The summed E-state index contributed by atoms with van der Waals surface area (Å²) in [5.41, 5.74) is 16.3. The third-order valence-electron chi connectivity index (χ3n) is 11.9. The summed E-state index contributed by atoms with van der Waals surface area (Å²) >= 11 is 5.73. The van der Waals surface area contributed by atoms with Gasteiger partial charge in [0.2, 0.25) is 11.8 Å². The van der Waals surface area contributed by atoms with Gasteiger partial charge in [0.05, 0.1) is 11.4 Å². The predicted molar refractivity (Wildman–Crippen MR) is 231 cm³/mol. The topological polar surface area (TPSA) is 131 Å². The van der Waals surface area contributed by atoms with Gasteiger partial charge in [-0.05, 0) is 109 Å². The molecule has 3 aliphatic carbocycles. The average molecular weight is 812 g/mol. The molecule has 9 rings (SSSR count). The number of aryl methyl sites for hydroxylation is 2. The van der Waals surface area contributed by atoms with Crippen molar-refractivity contribution in [3.63, 3.8) is 0 Å². The van der Waals surface area contributed by atoms with E-state index in [2.05, 4.69) is 89.7 Å². The van der Waals surface area contributed by atoms with Gasteiger partial charge in [-0.2, -0.15) is 19.2 Å². The Labute approximate surface area is 350 Å². The van der Waals surface area contributed by atoms with E-state index in [1.54, 1.807) is 0 Å². The fraction of sp³-hybridized carbons (Fsp3) is 0.347. The third kappa shape index (κ3) is 9.72. The molecule has 2 N–H and O–H groups in total. The lowest BCUT2D eigenvalue weighted by Gasteiger charge is -2.26. The maximum absolute atomic E-state index is 12.6. The molecule has 0 unspecified atom stereocenters. The van der Waals surface area contributed by atoms with Crippen LogP contribution in [0.2, 0.25) is 0 Å². The predicted octanol–water partition coefficient (Wildman–Crippen LogP) is 10.7. The van der Waals surface area contributed by atoms with E-state index < -0.39 is 0 Å². The number of halogens is 1. The molecule has 59 heavy (non-hydrogen) atoms. The van der Waals surface area contributed by atoms with Gasteiger partial charge in [-0.15, -0.1) is 11.6 Å². The Morgan fingerprint density at radius 2 is 1.34 bits per heavy atom. The molecule has 1 aromatic heterocycles. The van der Waals surface area contributed by atoms with Crippen molar-refractivity contribution in [3.8, 4) is 11.3 Å². The van der Waals surface area contributed by atoms with Crippen molar-refractivity contribution in [1.82, 2.24) is 4.57 Å². The van der Waals surface area contributed by atoms with Crippen LogP contribution in [0, 0.1) is 19.8 Å². The number of hydrogen-bond donors (Lipinski definition) is 2. The van der Waals surface area contributed by atoms with E-state index in [0.29, 0.717) is 18.4 Å². The van der Waals surface area contributed by atoms with Crippen molar-refractivity contribution in [2.45, 2.75) is 96.9 Å². The summed E-state index contributed by atoms with van der Waals surface area (Å²) in [6.45, 7) is 4.67. The number of carbonyl (C=O) groups is 2. The molecule has 304 valence electrons. The van der Waals surface area contributed by atoms with Crippen LogP contribution < -0.4 is 10.6 Å². The highest BCUT2D eigenvalue weighted by molar-refractivity contribution is 6.29. The molecule has 4 aliphatic rings. The van der Waals surface area contributed by atoms with Crippen LogP contribution in [0.1, 0.15) is 104 Å².